The van der Waals surface area contributed by atoms with Gasteiger partial charge in [0.2, 0.25) is 15.9 Å². The maximum atomic E-state index is 13.2. The molecule has 1 saturated heterocycles. The summed E-state index contributed by atoms with van der Waals surface area (Å²) >= 11 is 6.28. The van der Waals surface area contributed by atoms with E-state index in [9.17, 15) is 18.0 Å². The third kappa shape index (κ3) is 5.08. The molecule has 2 fully saturated rings. The van der Waals surface area contributed by atoms with Crippen LogP contribution in [0.25, 0.3) is 0 Å². The van der Waals surface area contributed by atoms with E-state index >= 15 is 0 Å². The number of halogens is 1. The van der Waals surface area contributed by atoms with Gasteiger partial charge in [-0.3, -0.25) is 9.59 Å². The molecule has 1 saturated carbocycles. The van der Waals surface area contributed by atoms with Crippen molar-refractivity contribution >= 4 is 44.8 Å². The molecule has 1 aliphatic carbocycles. The van der Waals surface area contributed by atoms with Gasteiger partial charge < -0.3 is 10.2 Å². The number of anilines is 2. The van der Waals surface area contributed by atoms with Gasteiger partial charge in [0.05, 0.1) is 15.6 Å². The summed E-state index contributed by atoms with van der Waals surface area (Å²) in [5.74, 6) is -0.436. The summed E-state index contributed by atoms with van der Waals surface area (Å²) in [6, 6.07) is 11.1. The first-order valence-electron chi connectivity index (χ1n) is 11.3. The molecule has 0 radical (unpaired) electrons. The predicted molar refractivity (Wildman–Crippen MR) is 129 cm³/mol. The van der Waals surface area contributed by atoms with Gasteiger partial charge in [-0.05, 0) is 55.7 Å². The van der Waals surface area contributed by atoms with Gasteiger partial charge in [0.25, 0.3) is 5.91 Å². The standard InChI is InChI=1S/C24H28ClN3O4S/c1-27(18-8-3-2-4-9-18)33(31,32)20-10-5-7-17(15-20)24(30)26-22-16-19(12-13-21(22)25)28-14-6-11-23(28)29/h5,7,10,12-13,15-16,18H,2-4,6,8-9,11,14H2,1H3,(H,26,30). The Hall–Kier alpha value is -2.42. The number of amides is 2. The van der Waals surface area contributed by atoms with E-state index in [1.54, 1.807) is 42.3 Å². The molecule has 0 bridgehead atoms. The summed E-state index contributed by atoms with van der Waals surface area (Å²) in [6.45, 7) is 0.627. The molecular formula is C24H28ClN3O4S. The smallest absolute Gasteiger partial charge is 0.255 e. The van der Waals surface area contributed by atoms with Crippen molar-refractivity contribution in [2.24, 2.45) is 0 Å². The highest BCUT2D eigenvalue weighted by molar-refractivity contribution is 7.89. The van der Waals surface area contributed by atoms with E-state index in [2.05, 4.69) is 5.32 Å². The minimum atomic E-state index is -3.72. The number of rotatable bonds is 6. The zero-order valence-corrected chi connectivity index (χ0v) is 20.2. The van der Waals surface area contributed by atoms with Crippen molar-refractivity contribution < 1.29 is 18.0 Å². The molecule has 0 atom stereocenters. The van der Waals surface area contributed by atoms with Gasteiger partial charge in [0, 0.05) is 37.3 Å². The Balaban J connectivity index is 1.54. The molecule has 2 amide bonds. The van der Waals surface area contributed by atoms with E-state index in [4.69, 9.17) is 11.6 Å². The second kappa shape index (κ2) is 9.83. The maximum absolute atomic E-state index is 13.2. The Morgan fingerprint density at radius 2 is 1.85 bits per heavy atom. The monoisotopic (exact) mass is 489 g/mol. The van der Waals surface area contributed by atoms with Crippen molar-refractivity contribution in [1.82, 2.24) is 4.31 Å². The number of benzene rings is 2. The molecule has 33 heavy (non-hydrogen) atoms. The Morgan fingerprint density at radius 1 is 1.09 bits per heavy atom. The largest absolute Gasteiger partial charge is 0.321 e. The first-order valence-corrected chi connectivity index (χ1v) is 13.1. The lowest BCUT2D eigenvalue weighted by atomic mass is 9.96. The third-order valence-corrected chi connectivity index (χ3v) is 8.68. The van der Waals surface area contributed by atoms with Crippen LogP contribution in [0.3, 0.4) is 0 Å². The SMILES string of the molecule is CN(C1CCCCC1)S(=O)(=O)c1cccc(C(=O)Nc2cc(N3CCCC3=O)ccc2Cl)c1. The molecule has 2 aliphatic rings. The fourth-order valence-corrected chi connectivity index (χ4v) is 6.12. The van der Waals surface area contributed by atoms with Crippen molar-refractivity contribution in [3.8, 4) is 0 Å². The van der Waals surface area contributed by atoms with Crippen LogP contribution in [-0.2, 0) is 14.8 Å². The normalized spacial score (nSPS) is 17.5. The first-order chi connectivity index (χ1) is 15.8. The molecule has 1 N–H and O–H groups in total. The minimum Gasteiger partial charge on any atom is -0.321 e. The van der Waals surface area contributed by atoms with Crippen LogP contribution >= 0.6 is 11.6 Å². The van der Waals surface area contributed by atoms with Crippen molar-refractivity contribution in [2.45, 2.75) is 55.9 Å². The number of sulfonamides is 1. The highest BCUT2D eigenvalue weighted by Gasteiger charge is 2.29. The number of hydrogen-bond acceptors (Lipinski definition) is 4. The van der Waals surface area contributed by atoms with Crippen LogP contribution in [0.1, 0.15) is 55.3 Å². The summed E-state index contributed by atoms with van der Waals surface area (Å²) in [4.78, 5) is 26.8. The van der Waals surface area contributed by atoms with Crippen molar-refractivity contribution in [3.05, 3.63) is 53.1 Å². The number of carbonyl (C=O) groups excluding carboxylic acids is 2. The summed E-state index contributed by atoms with van der Waals surface area (Å²) in [6.07, 6.45) is 6.18. The van der Waals surface area contributed by atoms with Crippen LogP contribution in [0.2, 0.25) is 5.02 Å². The highest BCUT2D eigenvalue weighted by Crippen LogP contribution is 2.31. The van der Waals surface area contributed by atoms with Gasteiger partial charge in [-0.1, -0.05) is 36.9 Å². The lowest BCUT2D eigenvalue weighted by Gasteiger charge is -2.30. The molecule has 7 nitrogen and oxygen atoms in total. The Labute approximate surface area is 199 Å². The van der Waals surface area contributed by atoms with Crippen LogP contribution < -0.4 is 10.2 Å². The van der Waals surface area contributed by atoms with Gasteiger partial charge in [-0.15, -0.1) is 0 Å². The Bertz CT molecular complexity index is 1160. The van der Waals surface area contributed by atoms with Gasteiger partial charge in [-0.25, -0.2) is 8.42 Å². The number of nitrogens with one attached hydrogen (secondary N) is 1. The number of hydrogen-bond donors (Lipinski definition) is 1. The third-order valence-electron chi connectivity index (χ3n) is 6.45. The molecule has 1 heterocycles. The van der Waals surface area contributed by atoms with Crippen LogP contribution in [-0.4, -0.2) is 44.2 Å². The van der Waals surface area contributed by atoms with Crippen molar-refractivity contribution in [2.75, 3.05) is 23.8 Å². The van der Waals surface area contributed by atoms with E-state index < -0.39 is 15.9 Å². The number of nitrogens with zero attached hydrogens (tertiary/aromatic N) is 2. The second-order valence-corrected chi connectivity index (χ2v) is 11.0. The molecule has 2 aromatic rings. The molecule has 9 heteroatoms. The van der Waals surface area contributed by atoms with Gasteiger partial charge >= 0.3 is 0 Å². The average Bonchev–Trinajstić information content (AvgIpc) is 3.26. The van der Waals surface area contributed by atoms with E-state index in [1.165, 1.54) is 16.4 Å². The molecule has 4 rings (SSSR count). The molecular weight excluding hydrogens is 462 g/mol. The molecule has 0 aromatic heterocycles. The van der Waals surface area contributed by atoms with Crippen LogP contribution in [0, 0.1) is 0 Å². The summed E-state index contributed by atoms with van der Waals surface area (Å²) in [5, 5.41) is 3.09. The van der Waals surface area contributed by atoms with E-state index in [-0.39, 0.29) is 22.4 Å². The topological polar surface area (TPSA) is 86.8 Å². The van der Waals surface area contributed by atoms with Crippen molar-refractivity contribution in [1.29, 1.82) is 0 Å². The molecule has 2 aromatic carbocycles. The minimum absolute atomic E-state index is 0.0175. The van der Waals surface area contributed by atoms with Crippen LogP contribution in [0.4, 0.5) is 11.4 Å². The van der Waals surface area contributed by atoms with Gasteiger partial charge in [0.1, 0.15) is 0 Å². The van der Waals surface area contributed by atoms with Crippen LogP contribution in [0.5, 0.6) is 0 Å². The lowest BCUT2D eigenvalue weighted by molar-refractivity contribution is -0.117. The van der Waals surface area contributed by atoms with Crippen molar-refractivity contribution in [3.63, 3.8) is 0 Å². The summed E-state index contributed by atoms with van der Waals surface area (Å²) in [7, 11) is -2.10. The Kier molecular flexibility index (Phi) is 7.07. The fraction of sp³-hybridized carbons (Fsp3) is 0.417. The molecule has 176 valence electrons. The molecule has 1 aliphatic heterocycles. The van der Waals surface area contributed by atoms with Gasteiger partial charge in [0.15, 0.2) is 0 Å². The first kappa shape index (κ1) is 23.7. The van der Waals surface area contributed by atoms with Crippen LogP contribution in [0.15, 0.2) is 47.4 Å². The molecule has 0 spiro atoms. The Morgan fingerprint density at radius 3 is 2.55 bits per heavy atom. The van der Waals surface area contributed by atoms with Gasteiger partial charge in [-0.2, -0.15) is 4.31 Å². The summed E-state index contributed by atoms with van der Waals surface area (Å²) in [5.41, 5.74) is 1.25. The second-order valence-electron chi connectivity index (χ2n) is 8.61. The lowest BCUT2D eigenvalue weighted by Crippen LogP contribution is -2.38. The zero-order chi connectivity index (χ0) is 23.6. The maximum Gasteiger partial charge on any atom is 0.255 e. The zero-order valence-electron chi connectivity index (χ0n) is 18.6. The van der Waals surface area contributed by atoms with E-state index in [0.29, 0.717) is 29.4 Å². The number of carbonyl (C=O) groups is 2. The fourth-order valence-electron chi connectivity index (χ4n) is 4.50. The van der Waals surface area contributed by atoms with E-state index in [1.807, 2.05) is 0 Å². The molecule has 0 unspecified atom stereocenters. The highest BCUT2D eigenvalue weighted by atomic mass is 35.5. The predicted octanol–water partition coefficient (Wildman–Crippen LogP) is 4.67. The van der Waals surface area contributed by atoms with E-state index in [0.717, 1.165) is 38.5 Å². The quantitative estimate of drug-likeness (QED) is 0.638. The summed E-state index contributed by atoms with van der Waals surface area (Å²) < 4.78 is 27.8. The average molecular weight is 490 g/mol.